The van der Waals surface area contributed by atoms with Crippen LogP contribution in [0.15, 0.2) is 35.3 Å². The van der Waals surface area contributed by atoms with E-state index in [0.29, 0.717) is 17.7 Å². The molecule has 0 aliphatic rings. The van der Waals surface area contributed by atoms with Gasteiger partial charge in [0.25, 0.3) is 0 Å². The molecule has 0 atom stereocenters. The maximum absolute atomic E-state index is 12.3. The molecule has 0 radical (unpaired) electrons. The van der Waals surface area contributed by atoms with Crippen LogP contribution in [0, 0.1) is 11.3 Å². The molecule has 0 unspecified atom stereocenters. The predicted molar refractivity (Wildman–Crippen MR) is 96.6 cm³/mol. The molecule has 0 saturated carbocycles. The lowest BCUT2D eigenvalue weighted by Gasteiger charge is -2.05. The molecule has 122 valence electrons. The largest absolute Gasteiger partial charge is 0.292 e. The number of nitriles is 1. The number of hydrogen-bond acceptors (Lipinski definition) is 3. The number of hydrogen-bond donors (Lipinski definition) is 0. The van der Waals surface area contributed by atoms with E-state index in [1.54, 1.807) is 19.2 Å². The number of allylic oxidation sites excluding steroid dienone is 2. The molecular weight excluding hydrogens is 284 g/mol. The fourth-order valence-corrected chi connectivity index (χ4v) is 2.38. The van der Waals surface area contributed by atoms with Crippen LogP contribution in [0.3, 0.4) is 0 Å². The summed E-state index contributed by atoms with van der Waals surface area (Å²) in [6.07, 6.45) is 8.09. The van der Waals surface area contributed by atoms with E-state index in [0.717, 1.165) is 24.0 Å². The molecule has 1 rings (SSSR count). The van der Waals surface area contributed by atoms with Crippen LogP contribution < -0.4 is 0 Å². The van der Waals surface area contributed by atoms with E-state index >= 15 is 0 Å². The molecule has 0 saturated heterocycles. The number of aliphatic imine (C=N–C) groups is 1. The second kappa shape index (κ2) is 10.5. The van der Waals surface area contributed by atoms with Gasteiger partial charge in [0, 0.05) is 13.5 Å². The highest BCUT2D eigenvalue weighted by Gasteiger charge is 2.09. The number of Topliss-reactive ketones (excluding diaryl/α,β-unsaturated/α-hetero) is 1. The number of carbonyl (C=O) groups excluding carboxylic acids is 1. The summed E-state index contributed by atoms with van der Waals surface area (Å²) in [7, 11) is 1.66. The number of unbranched alkanes of at least 4 members (excludes halogenated alkanes) is 4. The molecule has 0 fully saturated rings. The average molecular weight is 310 g/mol. The van der Waals surface area contributed by atoms with Crippen LogP contribution in [0.4, 0.5) is 0 Å². The molecule has 3 nitrogen and oxygen atoms in total. The monoisotopic (exact) mass is 310 g/mol. The van der Waals surface area contributed by atoms with Crippen molar-refractivity contribution in [2.45, 2.75) is 52.4 Å². The molecular formula is C20H26N2O. The number of carbonyl (C=O) groups is 1. The smallest absolute Gasteiger partial charge is 0.180 e. The van der Waals surface area contributed by atoms with Crippen LogP contribution in [0.1, 0.15) is 63.5 Å². The molecule has 23 heavy (non-hydrogen) atoms. The Kier molecular flexibility index (Phi) is 8.60. The van der Waals surface area contributed by atoms with Gasteiger partial charge in [-0.2, -0.15) is 5.26 Å². The van der Waals surface area contributed by atoms with Crippen LogP contribution >= 0.6 is 0 Å². The minimum absolute atomic E-state index is 0.108. The van der Waals surface area contributed by atoms with E-state index in [-0.39, 0.29) is 5.78 Å². The fraction of sp³-hybridized carbons (Fsp3) is 0.450. The minimum Gasteiger partial charge on any atom is -0.292 e. The summed E-state index contributed by atoms with van der Waals surface area (Å²) >= 11 is 0. The molecule has 0 aromatic heterocycles. The lowest BCUT2D eigenvalue weighted by Crippen LogP contribution is -2.11. The zero-order valence-electron chi connectivity index (χ0n) is 14.4. The highest BCUT2D eigenvalue weighted by atomic mass is 16.1. The molecule has 1 aromatic rings. The van der Waals surface area contributed by atoms with Gasteiger partial charge < -0.3 is 0 Å². The topological polar surface area (TPSA) is 53.2 Å². The first-order valence-corrected chi connectivity index (χ1v) is 8.31. The quantitative estimate of drug-likeness (QED) is 0.478. The maximum atomic E-state index is 12.3. The number of benzene rings is 1. The standard InChI is InChI=1S/C20H26N2O/c1-4-5-6-7-8-9-20(23)19(22-3)14-16(2)18-12-10-17(15-21)11-13-18/h10-14H,4-9H2,1-3H3/b16-14+,22-19+. The Hall–Kier alpha value is -2.21. The zero-order chi connectivity index (χ0) is 17.1. The molecule has 0 heterocycles. The van der Waals surface area contributed by atoms with Gasteiger partial charge in [0.05, 0.1) is 11.6 Å². The highest BCUT2D eigenvalue weighted by Crippen LogP contribution is 2.15. The van der Waals surface area contributed by atoms with E-state index < -0.39 is 0 Å². The van der Waals surface area contributed by atoms with Gasteiger partial charge in [-0.15, -0.1) is 0 Å². The van der Waals surface area contributed by atoms with Gasteiger partial charge in [-0.3, -0.25) is 9.79 Å². The van der Waals surface area contributed by atoms with Crippen molar-refractivity contribution < 1.29 is 4.79 Å². The molecule has 1 aromatic carbocycles. The van der Waals surface area contributed by atoms with Crippen molar-refractivity contribution in [3.05, 3.63) is 41.5 Å². The lowest BCUT2D eigenvalue weighted by atomic mass is 10.0. The first-order chi connectivity index (χ1) is 11.1. The van der Waals surface area contributed by atoms with E-state index in [1.165, 1.54) is 19.3 Å². The Morgan fingerprint density at radius 1 is 1.17 bits per heavy atom. The predicted octanol–water partition coefficient (Wildman–Crippen LogP) is 4.96. The van der Waals surface area contributed by atoms with Crippen LogP contribution in [-0.4, -0.2) is 18.5 Å². The minimum atomic E-state index is 0.108. The summed E-state index contributed by atoms with van der Waals surface area (Å²) in [5.41, 5.74) is 3.15. The molecule has 0 bridgehead atoms. The Morgan fingerprint density at radius 2 is 1.83 bits per heavy atom. The van der Waals surface area contributed by atoms with Crippen molar-refractivity contribution in [1.82, 2.24) is 0 Å². The summed E-state index contributed by atoms with van der Waals surface area (Å²) in [4.78, 5) is 16.4. The van der Waals surface area contributed by atoms with Crippen LogP contribution in [0.25, 0.3) is 5.57 Å². The van der Waals surface area contributed by atoms with Gasteiger partial charge in [-0.1, -0.05) is 44.7 Å². The van der Waals surface area contributed by atoms with Crippen LogP contribution in [-0.2, 0) is 4.79 Å². The summed E-state index contributed by atoms with van der Waals surface area (Å²) in [5, 5.41) is 8.83. The Labute approximate surface area is 139 Å². The summed E-state index contributed by atoms with van der Waals surface area (Å²) in [6.45, 7) is 4.14. The van der Waals surface area contributed by atoms with Gasteiger partial charge in [0.15, 0.2) is 5.78 Å². The second-order valence-corrected chi connectivity index (χ2v) is 5.71. The Bertz CT molecular complexity index is 604. The van der Waals surface area contributed by atoms with Crippen molar-refractivity contribution in [3.8, 4) is 6.07 Å². The average Bonchev–Trinajstić information content (AvgIpc) is 2.59. The van der Waals surface area contributed by atoms with Gasteiger partial charge in [-0.25, -0.2) is 0 Å². The van der Waals surface area contributed by atoms with E-state index in [9.17, 15) is 4.79 Å². The summed E-state index contributed by atoms with van der Waals surface area (Å²) < 4.78 is 0. The SMILES string of the molecule is CCCCCCCC(=O)C(/C=C(\C)c1ccc(C#N)cc1)=N/C. The number of ketones is 1. The maximum Gasteiger partial charge on any atom is 0.180 e. The molecule has 0 amide bonds. The van der Waals surface area contributed by atoms with Crippen molar-refractivity contribution in [2.75, 3.05) is 7.05 Å². The second-order valence-electron chi connectivity index (χ2n) is 5.71. The van der Waals surface area contributed by atoms with Crippen LogP contribution in [0.5, 0.6) is 0 Å². The lowest BCUT2D eigenvalue weighted by molar-refractivity contribution is -0.113. The normalized spacial score (nSPS) is 12.1. The van der Waals surface area contributed by atoms with Gasteiger partial charge in [0.1, 0.15) is 5.71 Å². The van der Waals surface area contributed by atoms with E-state index in [1.807, 2.05) is 25.1 Å². The highest BCUT2D eigenvalue weighted by molar-refractivity contribution is 6.45. The fourth-order valence-electron chi connectivity index (χ4n) is 2.38. The first kappa shape index (κ1) is 18.8. The third kappa shape index (κ3) is 6.61. The molecule has 0 aliphatic carbocycles. The Morgan fingerprint density at radius 3 is 2.39 bits per heavy atom. The van der Waals surface area contributed by atoms with E-state index in [4.69, 9.17) is 5.26 Å². The third-order valence-electron chi connectivity index (χ3n) is 3.86. The van der Waals surface area contributed by atoms with E-state index in [2.05, 4.69) is 18.0 Å². The van der Waals surface area contributed by atoms with Crippen molar-refractivity contribution in [1.29, 1.82) is 5.26 Å². The van der Waals surface area contributed by atoms with Crippen LogP contribution in [0.2, 0.25) is 0 Å². The molecule has 3 heteroatoms. The van der Waals surface area contributed by atoms with Gasteiger partial charge in [-0.05, 0) is 42.7 Å². The summed E-state index contributed by atoms with van der Waals surface area (Å²) in [6, 6.07) is 9.46. The van der Waals surface area contributed by atoms with Crippen molar-refractivity contribution >= 4 is 17.1 Å². The third-order valence-corrected chi connectivity index (χ3v) is 3.86. The van der Waals surface area contributed by atoms with Gasteiger partial charge >= 0.3 is 0 Å². The Balaban J connectivity index is 2.66. The molecule has 0 N–H and O–H groups in total. The first-order valence-electron chi connectivity index (χ1n) is 8.31. The number of nitrogens with zero attached hydrogens (tertiary/aromatic N) is 2. The van der Waals surface area contributed by atoms with Crippen molar-refractivity contribution in [3.63, 3.8) is 0 Å². The summed E-state index contributed by atoms with van der Waals surface area (Å²) in [5.74, 6) is 0.108. The number of rotatable bonds is 9. The van der Waals surface area contributed by atoms with Crippen molar-refractivity contribution in [2.24, 2.45) is 4.99 Å². The van der Waals surface area contributed by atoms with Gasteiger partial charge in [0.2, 0.25) is 0 Å². The molecule has 0 aliphatic heterocycles. The zero-order valence-corrected chi connectivity index (χ0v) is 14.4. The molecule has 0 spiro atoms.